The first-order valence-electron chi connectivity index (χ1n) is 6.90. The molecule has 0 saturated heterocycles. The summed E-state index contributed by atoms with van der Waals surface area (Å²) in [6.45, 7) is 5.39. The molecule has 4 heteroatoms. The van der Waals surface area contributed by atoms with Crippen molar-refractivity contribution in [2.75, 3.05) is 0 Å². The number of nitrogens with one attached hydrogen (secondary N) is 1. The van der Waals surface area contributed by atoms with E-state index in [0.717, 1.165) is 25.7 Å². The van der Waals surface area contributed by atoms with Gasteiger partial charge in [-0.05, 0) is 26.7 Å². The Morgan fingerprint density at radius 2 is 1.61 bits per heavy atom. The van der Waals surface area contributed by atoms with E-state index in [9.17, 15) is 9.59 Å². The number of carboxylic acid groups (broad SMARTS) is 1. The van der Waals surface area contributed by atoms with Crippen molar-refractivity contribution < 1.29 is 14.7 Å². The van der Waals surface area contributed by atoms with Crippen LogP contribution in [0.5, 0.6) is 0 Å². The molecule has 0 radical (unpaired) electrons. The Labute approximate surface area is 109 Å². The molecule has 2 unspecified atom stereocenters. The van der Waals surface area contributed by atoms with Gasteiger partial charge in [0.05, 0.1) is 5.92 Å². The van der Waals surface area contributed by atoms with E-state index < -0.39 is 11.9 Å². The lowest BCUT2D eigenvalue weighted by atomic mass is 9.81. The molecular weight excluding hydrogens is 230 g/mol. The number of carboxylic acids is 1. The van der Waals surface area contributed by atoms with E-state index in [4.69, 9.17) is 5.11 Å². The second-order valence-corrected chi connectivity index (χ2v) is 5.86. The first-order chi connectivity index (χ1) is 8.37. The summed E-state index contributed by atoms with van der Waals surface area (Å²) in [4.78, 5) is 23.2. The van der Waals surface area contributed by atoms with Crippen LogP contribution < -0.4 is 5.32 Å². The molecule has 0 heterocycles. The zero-order valence-corrected chi connectivity index (χ0v) is 11.7. The van der Waals surface area contributed by atoms with Gasteiger partial charge in [0.15, 0.2) is 0 Å². The van der Waals surface area contributed by atoms with Gasteiger partial charge in [0, 0.05) is 11.5 Å². The molecule has 2 N–H and O–H groups in total. The molecular formula is C14H25NO3. The Morgan fingerprint density at radius 1 is 1.11 bits per heavy atom. The number of amides is 1. The molecule has 2 atom stereocenters. The van der Waals surface area contributed by atoms with Gasteiger partial charge in [0.25, 0.3) is 0 Å². The number of hydrogen-bond acceptors (Lipinski definition) is 2. The first-order valence-corrected chi connectivity index (χ1v) is 6.90. The molecule has 0 spiro atoms. The van der Waals surface area contributed by atoms with Gasteiger partial charge in [0.2, 0.25) is 5.91 Å². The lowest BCUT2D eigenvalue weighted by Crippen LogP contribution is -2.46. The SMILES string of the molecule is CC(NC(=O)C1(C)CCCCCC1)C(C)C(=O)O. The van der Waals surface area contributed by atoms with E-state index in [1.807, 2.05) is 6.92 Å². The Hall–Kier alpha value is -1.06. The van der Waals surface area contributed by atoms with Gasteiger partial charge >= 0.3 is 5.97 Å². The van der Waals surface area contributed by atoms with Crippen molar-refractivity contribution >= 4 is 11.9 Å². The van der Waals surface area contributed by atoms with Crippen LogP contribution >= 0.6 is 0 Å². The van der Waals surface area contributed by atoms with Crippen LogP contribution in [0, 0.1) is 11.3 Å². The molecule has 0 aromatic rings. The zero-order valence-electron chi connectivity index (χ0n) is 11.7. The maximum Gasteiger partial charge on any atom is 0.308 e. The maximum atomic E-state index is 12.3. The van der Waals surface area contributed by atoms with Gasteiger partial charge in [0.1, 0.15) is 0 Å². The summed E-state index contributed by atoms with van der Waals surface area (Å²) in [7, 11) is 0. The minimum atomic E-state index is -0.867. The van der Waals surface area contributed by atoms with E-state index in [1.54, 1.807) is 13.8 Å². The van der Waals surface area contributed by atoms with Crippen LogP contribution in [0.1, 0.15) is 59.3 Å². The molecule has 18 heavy (non-hydrogen) atoms. The molecule has 0 aromatic heterocycles. The summed E-state index contributed by atoms with van der Waals surface area (Å²) in [6, 6.07) is -0.324. The average Bonchev–Trinajstić information content (AvgIpc) is 2.53. The Bertz CT molecular complexity index is 306. The fourth-order valence-electron chi connectivity index (χ4n) is 2.46. The van der Waals surface area contributed by atoms with Gasteiger partial charge in [-0.1, -0.05) is 32.6 Å². The average molecular weight is 255 g/mol. The van der Waals surface area contributed by atoms with Crippen molar-refractivity contribution in [2.24, 2.45) is 11.3 Å². The third kappa shape index (κ3) is 3.72. The topological polar surface area (TPSA) is 66.4 Å². The summed E-state index contributed by atoms with van der Waals surface area (Å²) in [6.07, 6.45) is 6.40. The Morgan fingerprint density at radius 3 is 2.06 bits per heavy atom. The Balaban J connectivity index is 2.60. The van der Waals surface area contributed by atoms with E-state index in [1.165, 1.54) is 12.8 Å². The molecule has 0 aromatic carbocycles. The molecule has 1 rings (SSSR count). The summed E-state index contributed by atoms with van der Waals surface area (Å²) in [5.74, 6) is -1.40. The maximum absolute atomic E-state index is 12.3. The smallest absolute Gasteiger partial charge is 0.308 e. The fourth-order valence-corrected chi connectivity index (χ4v) is 2.46. The monoisotopic (exact) mass is 255 g/mol. The van der Waals surface area contributed by atoms with Gasteiger partial charge in [-0.15, -0.1) is 0 Å². The van der Waals surface area contributed by atoms with Crippen LogP contribution in [0.25, 0.3) is 0 Å². The van der Waals surface area contributed by atoms with Crippen molar-refractivity contribution in [3.63, 3.8) is 0 Å². The number of rotatable bonds is 4. The van der Waals surface area contributed by atoms with Crippen molar-refractivity contribution in [1.82, 2.24) is 5.32 Å². The fraction of sp³-hybridized carbons (Fsp3) is 0.857. The molecule has 1 fully saturated rings. The van der Waals surface area contributed by atoms with Gasteiger partial charge in [-0.2, -0.15) is 0 Å². The molecule has 1 amide bonds. The van der Waals surface area contributed by atoms with Crippen molar-refractivity contribution in [1.29, 1.82) is 0 Å². The third-order valence-electron chi connectivity index (χ3n) is 4.25. The van der Waals surface area contributed by atoms with E-state index in [0.29, 0.717) is 0 Å². The zero-order chi connectivity index (χ0) is 13.8. The summed E-state index contributed by atoms with van der Waals surface area (Å²) in [5, 5.41) is 11.8. The predicted octanol–water partition coefficient (Wildman–Crippen LogP) is 2.57. The quantitative estimate of drug-likeness (QED) is 0.759. The predicted molar refractivity (Wildman–Crippen MR) is 70.2 cm³/mol. The second kappa shape index (κ2) is 6.21. The number of hydrogen-bond donors (Lipinski definition) is 2. The van der Waals surface area contributed by atoms with Crippen LogP contribution in [0.3, 0.4) is 0 Å². The van der Waals surface area contributed by atoms with Gasteiger partial charge in [-0.25, -0.2) is 0 Å². The van der Waals surface area contributed by atoms with Crippen LogP contribution in [0.15, 0.2) is 0 Å². The third-order valence-corrected chi connectivity index (χ3v) is 4.25. The molecule has 4 nitrogen and oxygen atoms in total. The minimum absolute atomic E-state index is 0.0185. The molecule has 0 aliphatic heterocycles. The highest BCUT2D eigenvalue weighted by atomic mass is 16.4. The van der Waals surface area contributed by atoms with Crippen LogP contribution in [-0.2, 0) is 9.59 Å². The largest absolute Gasteiger partial charge is 0.481 e. The minimum Gasteiger partial charge on any atom is -0.481 e. The van der Waals surface area contributed by atoms with Gasteiger partial charge in [-0.3, -0.25) is 9.59 Å². The highest BCUT2D eigenvalue weighted by molar-refractivity contribution is 5.83. The van der Waals surface area contributed by atoms with Crippen molar-refractivity contribution in [3.8, 4) is 0 Å². The molecule has 104 valence electrons. The van der Waals surface area contributed by atoms with Crippen molar-refractivity contribution in [3.05, 3.63) is 0 Å². The lowest BCUT2D eigenvalue weighted by Gasteiger charge is -2.29. The second-order valence-electron chi connectivity index (χ2n) is 5.86. The van der Waals surface area contributed by atoms with Crippen LogP contribution in [-0.4, -0.2) is 23.0 Å². The summed E-state index contributed by atoms with van der Waals surface area (Å²) >= 11 is 0. The summed E-state index contributed by atoms with van der Waals surface area (Å²) in [5.41, 5.74) is -0.316. The highest BCUT2D eigenvalue weighted by Crippen LogP contribution is 2.34. The normalized spacial score (nSPS) is 22.6. The molecule has 1 saturated carbocycles. The van der Waals surface area contributed by atoms with E-state index in [2.05, 4.69) is 5.32 Å². The molecule has 1 aliphatic carbocycles. The Kier molecular flexibility index (Phi) is 5.17. The summed E-state index contributed by atoms with van der Waals surface area (Å²) < 4.78 is 0. The first kappa shape index (κ1) is 15.0. The number of carbonyl (C=O) groups excluding carboxylic acids is 1. The highest BCUT2D eigenvalue weighted by Gasteiger charge is 2.35. The van der Waals surface area contributed by atoms with Gasteiger partial charge < -0.3 is 10.4 Å². The lowest BCUT2D eigenvalue weighted by molar-refractivity contribution is -0.142. The number of aliphatic carboxylic acids is 1. The van der Waals surface area contributed by atoms with E-state index >= 15 is 0 Å². The van der Waals surface area contributed by atoms with Crippen LogP contribution in [0.4, 0.5) is 0 Å². The standard InChI is InChI=1S/C14H25NO3/c1-10(12(16)17)11(2)15-13(18)14(3)8-6-4-5-7-9-14/h10-11H,4-9H2,1-3H3,(H,15,18)(H,16,17). The molecule has 1 aliphatic rings. The van der Waals surface area contributed by atoms with Crippen molar-refractivity contribution in [2.45, 2.75) is 65.3 Å². The van der Waals surface area contributed by atoms with Crippen LogP contribution in [0.2, 0.25) is 0 Å². The van der Waals surface area contributed by atoms with E-state index in [-0.39, 0.29) is 17.4 Å². The number of carbonyl (C=O) groups is 2. The molecule has 0 bridgehead atoms.